The second kappa shape index (κ2) is 4.82. The lowest BCUT2D eigenvalue weighted by molar-refractivity contribution is -0.128. The molecule has 0 radical (unpaired) electrons. The zero-order valence-corrected chi connectivity index (χ0v) is 14.1. The van der Waals surface area contributed by atoms with Gasteiger partial charge >= 0.3 is 0 Å². The van der Waals surface area contributed by atoms with Crippen molar-refractivity contribution in [3.8, 4) is 0 Å². The SMILES string of the molecule is Cc1ccccc1[N-]S(=O)(=O)CC12CCC(CC1=O)C2(C)C. The Morgan fingerprint density at radius 2 is 1.95 bits per heavy atom. The molecule has 0 aromatic heterocycles. The van der Waals surface area contributed by atoms with Crippen LogP contribution < -0.4 is 0 Å². The molecule has 2 aliphatic carbocycles. The van der Waals surface area contributed by atoms with Crippen molar-refractivity contribution in [3.63, 3.8) is 0 Å². The van der Waals surface area contributed by atoms with E-state index < -0.39 is 15.4 Å². The van der Waals surface area contributed by atoms with Crippen molar-refractivity contribution in [1.29, 1.82) is 0 Å². The summed E-state index contributed by atoms with van der Waals surface area (Å²) in [6, 6.07) is 7.16. The molecule has 2 unspecified atom stereocenters. The maximum absolute atomic E-state index is 12.6. The Labute approximate surface area is 132 Å². The summed E-state index contributed by atoms with van der Waals surface area (Å²) in [5.41, 5.74) is 0.294. The molecule has 2 bridgehead atoms. The Morgan fingerprint density at radius 3 is 2.50 bits per heavy atom. The fourth-order valence-electron chi connectivity index (χ4n) is 4.27. The summed E-state index contributed by atoms with van der Waals surface area (Å²) in [6.45, 7) is 5.92. The third kappa shape index (κ3) is 2.18. The summed E-state index contributed by atoms with van der Waals surface area (Å²) in [5.74, 6) is 0.266. The van der Waals surface area contributed by atoms with Crippen LogP contribution in [0.1, 0.15) is 38.7 Å². The van der Waals surface area contributed by atoms with Gasteiger partial charge in [-0.05, 0) is 31.1 Å². The molecule has 0 N–H and O–H groups in total. The van der Waals surface area contributed by atoms with Crippen LogP contribution in [0, 0.1) is 23.7 Å². The van der Waals surface area contributed by atoms with E-state index in [2.05, 4.69) is 4.72 Å². The van der Waals surface area contributed by atoms with Crippen LogP contribution in [-0.4, -0.2) is 20.0 Å². The Morgan fingerprint density at radius 1 is 1.27 bits per heavy atom. The van der Waals surface area contributed by atoms with Crippen molar-refractivity contribution >= 4 is 21.5 Å². The van der Waals surface area contributed by atoms with E-state index in [1.165, 1.54) is 0 Å². The average Bonchev–Trinajstić information content (AvgIpc) is 2.74. The molecule has 0 spiro atoms. The minimum Gasteiger partial charge on any atom is -0.577 e. The summed E-state index contributed by atoms with van der Waals surface area (Å²) < 4.78 is 29.2. The van der Waals surface area contributed by atoms with Gasteiger partial charge in [0.2, 0.25) is 0 Å². The number of Topliss-reactive ketones (excluding diaryl/α,β-unsaturated/α-hetero) is 1. The summed E-state index contributed by atoms with van der Waals surface area (Å²) in [4.78, 5) is 12.5. The number of carbonyl (C=O) groups is 1. The fraction of sp³-hybridized carbons (Fsp3) is 0.588. The highest BCUT2D eigenvalue weighted by atomic mass is 32.2. The van der Waals surface area contributed by atoms with Gasteiger partial charge in [0.25, 0.3) is 0 Å². The second-order valence-electron chi connectivity index (χ2n) is 7.27. The number of hydrogen-bond acceptors (Lipinski definition) is 3. The first kappa shape index (κ1) is 15.5. The van der Waals surface area contributed by atoms with Crippen LogP contribution >= 0.6 is 0 Å². The Kier molecular flexibility index (Phi) is 3.40. The van der Waals surface area contributed by atoms with Gasteiger partial charge in [0.15, 0.2) is 0 Å². The smallest absolute Gasteiger partial charge is 0.140 e. The van der Waals surface area contributed by atoms with Gasteiger partial charge in [-0.1, -0.05) is 43.7 Å². The lowest BCUT2D eigenvalue weighted by Gasteiger charge is -2.39. The summed E-state index contributed by atoms with van der Waals surface area (Å²) in [7, 11) is -3.68. The normalized spacial score (nSPS) is 29.8. The van der Waals surface area contributed by atoms with Crippen molar-refractivity contribution in [2.24, 2.45) is 16.7 Å². The van der Waals surface area contributed by atoms with Crippen LogP contribution in [0.3, 0.4) is 0 Å². The molecule has 1 aromatic rings. The van der Waals surface area contributed by atoms with Gasteiger partial charge in [-0.15, -0.1) is 5.69 Å². The van der Waals surface area contributed by atoms with Gasteiger partial charge in [0.05, 0.1) is 10.0 Å². The number of benzene rings is 1. The maximum Gasteiger partial charge on any atom is 0.140 e. The molecule has 22 heavy (non-hydrogen) atoms. The highest BCUT2D eigenvalue weighted by Gasteiger charge is 2.64. The van der Waals surface area contributed by atoms with Gasteiger partial charge < -0.3 is 4.72 Å². The molecule has 2 aliphatic rings. The van der Waals surface area contributed by atoms with Crippen LogP contribution in [0.4, 0.5) is 5.69 Å². The zero-order chi connectivity index (χ0) is 16.2. The van der Waals surface area contributed by atoms with E-state index >= 15 is 0 Å². The van der Waals surface area contributed by atoms with Gasteiger partial charge in [0.1, 0.15) is 5.78 Å². The Hall–Kier alpha value is -1.36. The number of sulfonamides is 1. The molecule has 0 amide bonds. The molecule has 4 nitrogen and oxygen atoms in total. The van der Waals surface area contributed by atoms with Gasteiger partial charge in [0, 0.05) is 17.6 Å². The number of aryl methyl sites for hydroxylation is 1. The summed E-state index contributed by atoms with van der Waals surface area (Å²) >= 11 is 0. The maximum atomic E-state index is 12.6. The highest BCUT2D eigenvalue weighted by molar-refractivity contribution is 7.94. The standard InChI is InChI=1S/C17H22NO3S/c1-12-6-4-5-7-14(12)18-22(20,21)11-17-9-8-13(10-15(17)19)16(17,2)3/h4-7,13H,8-11H2,1-3H3/q-1. The molecule has 2 fully saturated rings. The van der Waals surface area contributed by atoms with E-state index in [0.717, 1.165) is 12.0 Å². The minimum absolute atomic E-state index is 0.109. The van der Waals surface area contributed by atoms with E-state index in [4.69, 9.17) is 0 Å². The molecular formula is C17H22NO3S-. The van der Waals surface area contributed by atoms with Crippen molar-refractivity contribution in [2.45, 2.75) is 40.0 Å². The second-order valence-corrected chi connectivity index (χ2v) is 8.91. The first-order chi connectivity index (χ1) is 10.2. The number of fused-ring (bicyclic) bond motifs is 2. The summed E-state index contributed by atoms with van der Waals surface area (Å²) in [5, 5.41) is 0. The average molecular weight is 320 g/mol. The Bertz CT molecular complexity index is 723. The molecule has 0 aliphatic heterocycles. The number of ketones is 1. The summed E-state index contributed by atoms with van der Waals surface area (Å²) in [6.07, 6.45) is 2.14. The third-order valence-corrected chi connectivity index (χ3v) is 7.25. The van der Waals surface area contributed by atoms with Gasteiger partial charge in [-0.25, -0.2) is 8.42 Å². The largest absolute Gasteiger partial charge is 0.577 e. The fourth-order valence-corrected chi connectivity index (χ4v) is 6.14. The van der Waals surface area contributed by atoms with E-state index in [0.29, 0.717) is 24.4 Å². The molecule has 2 atom stereocenters. The highest BCUT2D eigenvalue weighted by Crippen LogP contribution is 2.64. The monoisotopic (exact) mass is 320 g/mol. The van der Waals surface area contributed by atoms with Crippen LogP contribution in [-0.2, 0) is 14.8 Å². The lowest BCUT2D eigenvalue weighted by atomic mass is 9.70. The lowest BCUT2D eigenvalue weighted by Crippen LogP contribution is -2.41. The van der Waals surface area contributed by atoms with E-state index in [9.17, 15) is 13.2 Å². The molecule has 5 heteroatoms. The van der Waals surface area contributed by atoms with Crippen LogP contribution in [0.25, 0.3) is 4.72 Å². The van der Waals surface area contributed by atoms with Gasteiger partial charge in [-0.2, -0.15) is 0 Å². The molecule has 1 aromatic carbocycles. The number of nitrogens with zero attached hydrogens (tertiary/aromatic N) is 1. The van der Waals surface area contributed by atoms with E-state index in [1.807, 2.05) is 32.9 Å². The molecule has 2 saturated carbocycles. The number of hydrogen-bond donors (Lipinski definition) is 0. The predicted molar refractivity (Wildman–Crippen MR) is 86.5 cm³/mol. The molecule has 120 valence electrons. The molecule has 0 saturated heterocycles. The minimum atomic E-state index is -3.68. The van der Waals surface area contributed by atoms with Crippen LogP contribution in [0.5, 0.6) is 0 Å². The first-order valence-corrected chi connectivity index (χ1v) is 9.33. The van der Waals surface area contributed by atoms with E-state index in [1.54, 1.807) is 12.1 Å². The molecule has 3 rings (SSSR count). The van der Waals surface area contributed by atoms with Crippen LogP contribution in [0.2, 0.25) is 0 Å². The number of carbonyl (C=O) groups excluding carboxylic acids is 1. The van der Waals surface area contributed by atoms with Crippen molar-refractivity contribution in [2.75, 3.05) is 5.75 Å². The van der Waals surface area contributed by atoms with Crippen LogP contribution in [0.15, 0.2) is 24.3 Å². The predicted octanol–water partition coefficient (Wildman–Crippen LogP) is 3.73. The zero-order valence-electron chi connectivity index (χ0n) is 13.3. The van der Waals surface area contributed by atoms with E-state index in [-0.39, 0.29) is 17.0 Å². The Balaban J connectivity index is 1.89. The third-order valence-electron chi connectivity index (χ3n) is 5.92. The van der Waals surface area contributed by atoms with Crippen molar-refractivity contribution < 1.29 is 13.2 Å². The quantitative estimate of drug-likeness (QED) is 0.849. The van der Waals surface area contributed by atoms with Crippen molar-refractivity contribution in [1.82, 2.24) is 0 Å². The van der Waals surface area contributed by atoms with Gasteiger partial charge in [-0.3, -0.25) is 4.79 Å². The van der Waals surface area contributed by atoms with Crippen molar-refractivity contribution in [3.05, 3.63) is 34.6 Å². The molecular weight excluding hydrogens is 298 g/mol. The topological polar surface area (TPSA) is 65.3 Å². The molecule has 0 heterocycles. The number of rotatable bonds is 4. The first-order valence-electron chi connectivity index (χ1n) is 7.73.